The number of amides is 1. The van der Waals surface area contributed by atoms with Gasteiger partial charge >= 0.3 is 0 Å². The Morgan fingerprint density at radius 3 is 2.65 bits per heavy atom. The lowest BCUT2D eigenvalue weighted by molar-refractivity contribution is 0.0756. The van der Waals surface area contributed by atoms with Crippen molar-refractivity contribution in [2.24, 2.45) is 0 Å². The van der Waals surface area contributed by atoms with E-state index in [9.17, 15) is 4.79 Å². The van der Waals surface area contributed by atoms with E-state index < -0.39 is 0 Å². The normalized spacial score (nSPS) is 14.6. The Hall–Kier alpha value is -1.94. The summed E-state index contributed by atoms with van der Waals surface area (Å²) >= 11 is 6.01. The van der Waals surface area contributed by atoms with Gasteiger partial charge in [0.1, 0.15) is 5.75 Å². The van der Waals surface area contributed by atoms with Gasteiger partial charge in [0.15, 0.2) is 5.76 Å². The fraction of sp³-hybridized carbons (Fsp3) is 0.267. The van der Waals surface area contributed by atoms with Gasteiger partial charge in [-0.1, -0.05) is 23.7 Å². The van der Waals surface area contributed by atoms with Crippen molar-refractivity contribution in [3.8, 4) is 11.7 Å². The van der Waals surface area contributed by atoms with Crippen LogP contribution in [0.5, 0.6) is 11.7 Å². The number of ether oxygens (including phenoxy) is 1. The number of carbonyl (C=O) groups excluding carboxylic acids is 1. The molecule has 0 N–H and O–H groups in total. The molecule has 0 spiro atoms. The van der Waals surface area contributed by atoms with Crippen molar-refractivity contribution >= 4 is 17.5 Å². The number of furan rings is 1. The first-order chi connectivity index (χ1) is 9.74. The molecule has 1 aliphatic heterocycles. The number of benzene rings is 1. The van der Waals surface area contributed by atoms with Crippen molar-refractivity contribution < 1.29 is 13.9 Å². The van der Waals surface area contributed by atoms with Crippen molar-refractivity contribution in [3.63, 3.8) is 0 Å². The zero-order valence-electron chi connectivity index (χ0n) is 10.8. The third kappa shape index (κ3) is 2.65. The number of nitrogens with zero attached hydrogens (tertiary/aromatic N) is 1. The molecule has 0 aliphatic carbocycles. The van der Waals surface area contributed by atoms with Crippen LogP contribution >= 0.6 is 11.6 Å². The number of halogens is 1. The van der Waals surface area contributed by atoms with E-state index in [1.165, 1.54) is 0 Å². The molecule has 0 radical (unpaired) electrons. The highest BCUT2D eigenvalue weighted by atomic mass is 35.5. The lowest BCUT2D eigenvalue weighted by Gasteiger charge is -2.12. The first kappa shape index (κ1) is 13.1. The van der Waals surface area contributed by atoms with E-state index in [4.69, 9.17) is 20.8 Å². The third-order valence-electron chi connectivity index (χ3n) is 3.23. The number of carbonyl (C=O) groups is 1. The number of likely N-dealkylation sites (tertiary alicyclic amines) is 1. The second kappa shape index (κ2) is 5.59. The summed E-state index contributed by atoms with van der Waals surface area (Å²) < 4.78 is 11.0. The summed E-state index contributed by atoms with van der Waals surface area (Å²) in [5.74, 6) is 0.981. The lowest BCUT2D eigenvalue weighted by Crippen LogP contribution is -2.27. The molecule has 1 amide bonds. The van der Waals surface area contributed by atoms with Crippen molar-refractivity contribution in [2.45, 2.75) is 12.8 Å². The maximum absolute atomic E-state index is 12.1. The predicted octanol–water partition coefficient (Wildman–Crippen LogP) is 3.96. The van der Waals surface area contributed by atoms with Crippen molar-refractivity contribution in [3.05, 3.63) is 47.2 Å². The minimum absolute atomic E-state index is 0.0866. The summed E-state index contributed by atoms with van der Waals surface area (Å²) in [6.07, 6.45) is 2.10. The van der Waals surface area contributed by atoms with E-state index in [1.54, 1.807) is 29.2 Å². The van der Waals surface area contributed by atoms with Crippen molar-refractivity contribution in [2.75, 3.05) is 13.1 Å². The van der Waals surface area contributed by atoms with Gasteiger partial charge < -0.3 is 14.1 Å². The SMILES string of the molecule is O=C(c1ccc(Oc2ccccc2Cl)o1)N1CCCC1. The molecule has 20 heavy (non-hydrogen) atoms. The van der Waals surface area contributed by atoms with Gasteiger partial charge in [0.05, 0.1) is 5.02 Å². The molecule has 1 aromatic carbocycles. The molecule has 0 saturated carbocycles. The summed E-state index contributed by atoms with van der Waals surface area (Å²) in [4.78, 5) is 13.9. The van der Waals surface area contributed by atoms with Crippen LogP contribution in [0.25, 0.3) is 0 Å². The van der Waals surface area contributed by atoms with E-state index >= 15 is 0 Å². The first-order valence-electron chi connectivity index (χ1n) is 6.55. The molecule has 1 saturated heterocycles. The van der Waals surface area contributed by atoms with Crippen LogP contribution in [0.4, 0.5) is 0 Å². The molecule has 1 aromatic heterocycles. The van der Waals surface area contributed by atoms with E-state index in [-0.39, 0.29) is 11.9 Å². The number of hydrogen-bond donors (Lipinski definition) is 0. The van der Waals surface area contributed by atoms with Crippen LogP contribution in [0.3, 0.4) is 0 Å². The molecule has 2 aromatic rings. The Labute approximate surface area is 121 Å². The second-order valence-electron chi connectivity index (χ2n) is 4.65. The molecular weight excluding hydrogens is 278 g/mol. The van der Waals surface area contributed by atoms with Gasteiger partial charge in [-0.2, -0.15) is 0 Å². The zero-order chi connectivity index (χ0) is 13.9. The first-order valence-corrected chi connectivity index (χ1v) is 6.93. The molecule has 3 rings (SSSR count). The smallest absolute Gasteiger partial charge is 0.290 e. The van der Waals surface area contributed by atoms with Crippen LogP contribution in [0.1, 0.15) is 23.4 Å². The molecule has 0 bridgehead atoms. The molecule has 4 nitrogen and oxygen atoms in total. The average Bonchev–Trinajstić information content (AvgIpc) is 3.12. The maximum atomic E-state index is 12.1. The molecule has 0 atom stereocenters. The standard InChI is InChI=1S/C15H14ClNO3/c16-11-5-1-2-6-12(11)19-14-8-7-13(20-14)15(18)17-9-3-4-10-17/h1-2,5-8H,3-4,9-10H2. The molecule has 104 valence electrons. The van der Waals surface area contributed by atoms with Gasteiger partial charge in [-0.05, 0) is 31.0 Å². The Kier molecular flexibility index (Phi) is 3.65. The number of hydrogen-bond acceptors (Lipinski definition) is 3. The van der Waals surface area contributed by atoms with Gasteiger partial charge in [0.2, 0.25) is 0 Å². The summed E-state index contributed by atoms with van der Waals surface area (Å²) in [6.45, 7) is 1.58. The Bertz CT molecular complexity index is 617. The van der Waals surface area contributed by atoms with Gasteiger partial charge in [0, 0.05) is 19.2 Å². The molecule has 0 unspecified atom stereocenters. The summed E-state index contributed by atoms with van der Waals surface area (Å²) in [7, 11) is 0. The van der Waals surface area contributed by atoms with Crippen molar-refractivity contribution in [1.29, 1.82) is 0 Å². The summed E-state index contributed by atoms with van der Waals surface area (Å²) in [5.41, 5.74) is 0. The second-order valence-corrected chi connectivity index (χ2v) is 5.06. The van der Waals surface area contributed by atoms with E-state index in [0.29, 0.717) is 16.5 Å². The van der Waals surface area contributed by atoms with Gasteiger partial charge in [0.25, 0.3) is 11.9 Å². The van der Waals surface area contributed by atoms with Crippen LogP contribution in [-0.4, -0.2) is 23.9 Å². The molecular formula is C15H14ClNO3. The third-order valence-corrected chi connectivity index (χ3v) is 3.54. The molecule has 1 aliphatic rings. The highest BCUT2D eigenvalue weighted by molar-refractivity contribution is 6.32. The van der Waals surface area contributed by atoms with E-state index in [1.807, 2.05) is 12.1 Å². The minimum Gasteiger partial charge on any atom is -0.424 e. The Morgan fingerprint density at radius 2 is 1.90 bits per heavy atom. The van der Waals surface area contributed by atoms with E-state index in [0.717, 1.165) is 25.9 Å². The Balaban J connectivity index is 1.73. The molecule has 5 heteroatoms. The number of rotatable bonds is 3. The monoisotopic (exact) mass is 291 g/mol. The van der Waals surface area contributed by atoms with Crippen LogP contribution < -0.4 is 4.74 Å². The van der Waals surface area contributed by atoms with Crippen LogP contribution in [0.15, 0.2) is 40.8 Å². The lowest BCUT2D eigenvalue weighted by atomic mass is 10.3. The predicted molar refractivity (Wildman–Crippen MR) is 75.4 cm³/mol. The van der Waals surface area contributed by atoms with E-state index in [2.05, 4.69) is 0 Å². The van der Waals surface area contributed by atoms with Gasteiger partial charge in [-0.15, -0.1) is 0 Å². The average molecular weight is 292 g/mol. The summed E-state index contributed by atoms with van der Waals surface area (Å²) in [6, 6.07) is 10.4. The topological polar surface area (TPSA) is 42.7 Å². The largest absolute Gasteiger partial charge is 0.424 e. The molecule has 2 heterocycles. The quantitative estimate of drug-likeness (QED) is 0.859. The fourth-order valence-electron chi connectivity index (χ4n) is 2.20. The fourth-order valence-corrected chi connectivity index (χ4v) is 2.38. The van der Waals surface area contributed by atoms with Crippen LogP contribution in [0, 0.1) is 0 Å². The van der Waals surface area contributed by atoms with Crippen LogP contribution in [-0.2, 0) is 0 Å². The maximum Gasteiger partial charge on any atom is 0.290 e. The zero-order valence-corrected chi connectivity index (χ0v) is 11.6. The number of para-hydroxylation sites is 1. The Morgan fingerprint density at radius 1 is 1.15 bits per heavy atom. The van der Waals surface area contributed by atoms with Gasteiger partial charge in [-0.25, -0.2) is 0 Å². The highest BCUT2D eigenvalue weighted by Gasteiger charge is 2.22. The van der Waals surface area contributed by atoms with Crippen LogP contribution in [0.2, 0.25) is 5.02 Å². The molecule has 1 fully saturated rings. The minimum atomic E-state index is -0.0866. The summed E-state index contributed by atoms with van der Waals surface area (Å²) in [5, 5.41) is 0.497. The van der Waals surface area contributed by atoms with Crippen molar-refractivity contribution in [1.82, 2.24) is 4.90 Å². The highest BCUT2D eigenvalue weighted by Crippen LogP contribution is 2.30. The van der Waals surface area contributed by atoms with Gasteiger partial charge in [-0.3, -0.25) is 4.79 Å².